The van der Waals surface area contributed by atoms with Crippen molar-refractivity contribution in [1.82, 2.24) is 0 Å². The second-order valence-electron chi connectivity index (χ2n) is 4.18. The Balaban J connectivity index is 2.35. The molecule has 0 radical (unpaired) electrons. The predicted molar refractivity (Wildman–Crippen MR) is 77.8 cm³/mol. The van der Waals surface area contributed by atoms with E-state index in [1.165, 1.54) is 22.7 Å². The number of aryl methyl sites for hydroxylation is 2. The zero-order chi connectivity index (χ0) is 14.2. The Morgan fingerprint density at radius 3 is 2.47 bits per heavy atom. The average molecular weight is 295 g/mol. The molecule has 19 heavy (non-hydrogen) atoms. The Morgan fingerprint density at radius 2 is 1.95 bits per heavy atom. The largest absolute Gasteiger partial charge is 0.478 e. The molecule has 4 nitrogen and oxygen atoms in total. The van der Waals surface area contributed by atoms with Crippen LogP contribution in [0, 0.1) is 20.8 Å². The molecule has 2 aromatic heterocycles. The van der Waals surface area contributed by atoms with Gasteiger partial charge in [0.2, 0.25) is 0 Å². The Morgan fingerprint density at radius 1 is 1.26 bits per heavy atom. The topological polar surface area (TPSA) is 66.4 Å². The molecule has 2 rings (SSSR count). The third-order valence-corrected chi connectivity index (χ3v) is 5.03. The lowest BCUT2D eigenvalue weighted by Crippen LogP contribution is -2.13. The average Bonchev–Trinajstić information content (AvgIpc) is 2.84. The van der Waals surface area contributed by atoms with Gasteiger partial charge in [0.1, 0.15) is 5.00 Å². The number of thiophene rings is 2. The van der Waals surface area contributed by atoms with Crippen molar-refractivity contribution in [2.24, 2.45) is 0 Å². The van der Waals surface area contributed by atoms with Gasteiger partial charge in [-0.25, -0.2) is 4.79 Å². The van der Waals surface area contributed by atoms with Crippen LogP contribution in [-0.4, -0.2) is 17.0 Å². The fourth-order valence-electron chi connectivity index (χ4n) is 1.74. The van der Waals surface area contributed by atoms with E-state index in [0.717, 1.165) is 10.4 Å². The van der Waals surface area contributed by atoms with Crippen LogP contribution in [0.2, 0.25) is 0 Å². The molecule has 0 aliphatic rings. The molecule has 0 aliphatic heterocycles. The Kier molecular flexibility index (Phi) is 3.73. The second-order valence-corrected chi connectivity index (χ2v) is 6.32. The molecule has 100 valence electrons. The molecule has 0 fully saturated rings. The fraction of sp³-hybridized carbons (Fsp3) is 0.231. The molecular weight excluding hydrogens is 282 g/mol. The van der Waals surface area contributed by atoms with Crippen molar-refractivity contribution < 1.29 is 14.7 Å². The molecule has 6 heteroatoms. The second kappa shape index (κ2) is 5.14. The standard InChI is InChI=1S/C13H13NO3S2/c1-6-4-5-18-10(6)11(15)14-12-9(13(16)17)7(2)8(3)19-12/h4-5H,1-3H3,(H,14,15)(H,16,17). The van der Waals surface area contributed by atoms with Crippen LogP contribution < -0.4 is 5.32 Å². The lowest BCUT2D eigenvalue weighted by Gasteiger charge is -2.03. The summed E-state index contributed by atoms with van der Waals surface area (Å²) in [6.45, 7) is 5.45. The highest BCUT2D eigenvalue weighted by molar-refractivity contribution is 7.17. The zero-order valence-corrected chi connectivity index (χ0v) is 12.4. The SMILES string of the molecule is Cc1ccsc1C(=O)Nc1sc(C)c(C)c1C(=O)O. The van der Waals surface area contributed by atoms with Crippen LogP contribution in [0.15, 0.2) is 11.4 Å². The highest BCUT2D eigenvalue weighted by Crippen LogP contribution is 2.33. The summed E-state index contributed by atoms with van der Waals surface area (Å²) in [5.41, 5.74) is 1.78. The number of hydrogen-bond acceptors (Lipinski definition) is 4. The van der Waals surface area contributed by atoms with Crippen LogP contribution in [0.1, 0.15) is 36.0 Å². The number of aromatic carboxylic acids is 1. The normalized spacial score (nSPS) is 10.5. The molecule has 0 bridgehead atoms. The summed E-state index contributed by atoms with van der Waals surface area (Å²) in [6.07, 6.45) is 0. The molecule has 2 aromatic rings. The fourth-order valence-corrected chi connectivity index (χ4v) is 3.61. The van der Waals surface area contributed by atoms with Gasteiger partial charge in [-0.15, -0.1) is 22.7 Å². The minimum atomic E-state index is -1.01. The highest BCUT2D eigenvalue weighted by atomic mass is 32.1. The van der Waals surface area contributed by atoms with Gasteiger partial charge in [-0.3, -0.25) is 4.79 Å². The third-order valence-electron chi connectivity index (χ3n) is 2.89. The number of hydrogen-bond donors (Lipinski definition) is 2. The van der Waals surface area contributed by atoms with E-state index in [9.17, 15) is 14.7 Å². The number of carbonyl (C=O) groups is 2. The number of nitrogens with one attached hydrogen (secondary N) is 1. The summed E-state index contributed by atoms with van der Waals surface area (Å²) in [5, 5.41) is 14.2. The number of carboxylic acid groups (broad SMARTS) is 1. The highest BCUT2D eigenvalue weighted by Gasteiger charge is 2.21. The summed E-state index contributed by atoms with van der Waals surface area (Å²) in [4.78, 5) is 24.9. The molecule has 0 aromatic carbocycles. The molecule has 0 saturated heterocycles. The first-order valence-electron chi connectivity index (χ1n) is 5.60. The van der Waals surface area contributed by atoms with Crippen LogP contribution in [0.25, 0.3) is 0 Å². The first-order valence-corrected chi connectivity index (χ1v) is 7.30. The molecule has 2 heterocycles. The Labute approximate surface area is 118 Å². The van der Waals surface area contributed by atoms with Gasteiger partial charge < -0.3 is 10.4 Å². The van der Waals surface area contributed by atoms with E-state index < -0.39 is 5.97 Å². The van der Waals surface area contributed by atoms with Crippen molar-refractivity contribution in [3.63, 3.8) is 0 Å². The third kappa shape index (κ3) is 2.54. The van der Waals surface area contributed by atoms with Crippen LogP contribution in [0.3, 0.4) is 0 Å². The quantitative estimate of drug-likeness (QED) is 0.907. The summed E-state index contributed by atoms with van der Waals surface area (Å²) in [6, 6.07) is 1.86. The van der Waals surface area contributed by atoms with Gasteiger partial charge in [-0.2, -0.15) is 0 Å². The van der Waals surface area contributed by atoms with Crippen molar-refractivity contribution in [1.29, 1.82) is 0 Å². The minimum Gasteiger partial charge on any atom is -0.478 e. The van der Waals surface area contributed by atoms with Gasteiger partial charge in [0.05, 0.1) is 10.4 Å². The van der Waals surface area contributed by atoms with E-state index in [4.69, 9.17) is 0 Å². The first kappa shape index (κ1) is 13.8. The van der Waals surface area contributed by atoms with Gasteiger partial charge in [0.15, 0.2) is 0 Å². The lowest BCUT2D eigenvalue weighted by atomic mass is 10.1. The molecular formula is C13H13NO3S2. The molecule has 0 atom stereocenters. The van der Waals surface area contributed by atoms with E-state index in [1.54, 1.807) is 6.92 Å². The predicted octanol–water partition coefficient (Wildman–Crippen LogP) is 3.69. The summed E-state index contributed by atoms with van der Waals surface area (Å²) < 4.78 is 0. The van der Waals surface area contributed by atoms with Crippen molar-refractivity contribution in [3.8, 4) is 0 Å². The molecule has 0 unspecified atom stereocenters. The van der Waals surface area contributed by atoms with E-state index in [1.807, 2.05) is 25.3 Å². The van der Waals surface area contributed by atoms with Crippen LogP contribution in [-0.2, 0) is 0 Å². The van der Waals surface area contributed by atoms with Crippen molar-refractivity contribution in [2.45, 2.75) is 20.8 Å². The zero-order valence-electron chi connectivity index (χ0n) is 10.7. The monoisotopic (exact) mass is 295 g/mol. The molecule has 0 spiro atoms. The maximum absolute atomic E-state index is 12.1. The van der Waals surface area contributed by atoms with E-state index in [2.05, 4.69) is 5.32 Å². The van der Waals surface area contributed by atoms with Crippen LogP contribution >= 0.6 is 22.7 Å². The maximum atomic E-state index is 12.1. The molecule has 0 aliphatic carbocycles. The van der Waals surface area contributed by atoms with Gasteiger partial charge in [0.25, 0.3) is 5.91 Å². The first-order chi connectivity index (χ1) is 8.91. The van der Waals surface area contributed by atoms with Crippen LogP contribution in [0.4, 0.5) is 5.00 Å². The maximum Gasteiger partial charge on any atom is 0.338 e. The van der Waals surface area contributed by atoms with Gasteiger partial charge in [-0.1, -0.05) is 0 Å². The molecule has 0 saturated carbocycles. The summed E-state index contributed by atoms with van der Waals surface area (Å²) >= 11 is 2.64. The number of amides is 1. The van der Waals surface area contributed by atoms with Crippen LogP contribution in [0.5, 0.6) is 0 Å². The number of carbonyl (C=O) groups excluding carboxylic acids is 1. The summed E-state index contributed by atoms with van der Waals surface area (Å²) in [5.74, 6) is -1.27. The summed E-state index contributed by atoms with van der Waals surface area (Å²) in [7, 11) is 0. The number of anilines is 1. The van der Waals surface area contributed by atoms with Gasteiger partial charge >= 0.3 is 5.97 Å². The smallest absolute Gasteiger partial charge is 0.338 e. The van der Waals surface area contributed by atoms with Gasteiger partial charge in [0, 0.05) is 4.88 Å². The van der Waals surface area contributed by atoms with Crippen molar-refractivity contribution in [3.05, 3.63) is 37.9 Å². The molecule has 2 N–H and O–H groups in total. The van der Waals surface area contributed by atoms with Crippen molar-refractivity contribution in [2.75, 3.05) is 5.32 Å². The van der Waals surface area contributed by atoms with E-state index in [-0.39, 0.29) is 11.5 Å². The molecule has 1 amide bonds. The minimum absolute atomic E-state index is 0.185. The number of rotatable bonds is 3. The lowest BCUT2D eigenvalue weighted by molar-refractivity contribution is 0.0697. The van der Waals surface area contributed by atoms with Crippen molar-refractivity contribution >= 4 is 39.6 Å². The Hall–Kier alpha value is -1.66. The number of carboxylic acids is 1. The van der Waals surface area contributed by atoms with E-state index in [0.29, 0.717) is 15.4 Å². The Bertz CT molecular complexity index is 655. The van der Waals surface area contributed by atoms with E-state index >= 15 is 0 Å². The van der Waals surface area contributed by atoms with Gasteiger partial charge in [-0.05, 0) is 43.3 Å².